The lowest BCUT2D eigenvalue weighted by molar-refractivity contribution is -0.139. The van der Waals surface area contributed by atoms with Crippen molar-refractivity contribution < 1.29 is 23.1 Å². The van der Waals surface area contributed by atoms with E-state index in [0.29, 0.717) is 31.4 Å². The van der Waals surface area contributed by atoms with Crippen LogP contribution in [0.2, 0.25) is 0 Å². The van der Waals surface area contributed by atoms with Gasteiger partial charge in [-0.15, -0.1) is 0 Å². The van der Waals surface area contributed by atoms with Crippen molar-refractivity contribution >= 4 is 21.8 Å². The Labute approximate surface area is 153 Å². The van der Waals surface area contributed by atoms with Crippen molar-refractivity contribution in [3.63, 3.8) is 0 Å². The maximum absolute atomic E-state index is 12.6. The molecule has 0 heterocycles. The summed E-state index contributed by atoms with van der Waals surface area (Å²) in [5.41, 5.74) is 1.43. The van der Waals surface area contributed by atoms with Crippen LogP contribution in [0.4, 0.5) is 0 Å². The number of carbonyl (C=O) groups is 2. The van der Waals surface area contributed by atoms with Gasteiger partial charge in [-0.2, -0.15) is 0 Å². The van der Waals surface area contributed by atoms with Crippen molar-refractivity contribution in [1.29, 1.82) is 0 Å². The molecule has 0 aliphatic heterocycles. The van der Waals surface area contributed by atoms with E-state index in [2.05, 4.69) is 4.72 Å². The quantitative estimate of drug-likeness (QED) is 0.741. The van der Waals surface area contributed by atoms with Crippen LogP contribution in [-0.4, -0.2) is 55.3 Å². The molecular formula is C18H24N2O5S. The fourth-order valence-electron chi connectivity index (χ4n) is 3.73. The fourth-order valence-corrected chi connectivity index (χ4v) is 5.04. The first-order chi connectivity index (χ1) is 12.3. The number of hydrogen-bond acceptors (Lipinski definition) is 5. The molecule has 1 aromatic carbocycles. The minimum absolute atomic E-state index is 0.0283. The lowest BCUT2D eigenvalue weighted by Crippen LogP contribution is -2.54. The summed E-state index contributed by atoms with van der Waals surface area (Å²) in [5, 5.41) is 8.92. The third kappa shape index (κ3) is 3.97. The number of sulfonamides is 1. The van der Waals surface area contributed by atoms with Gasteiger partial charge in [0.1, 0.15) is 0 Å². The van der Waals surface area contributed by atoms with Gasteiger partial charge in [0.25, 0.3) is 0 Å². The predicted molar refractivity (Wildman–Crippen MR) is 95.7 cm³/mol. The first-order valence-corrected chi connectivity index (χ1v) is 10.4. The molecule has 7 nitrogen and oxygen atoms in total. The van der Waals surface area contributed by atoms with Crippen LogP contribution in [0.3, 0.4) is 0 Å². The third-order valence-corrected chi connectivity index (χ3v) is 6.75. The van der Waals surface area contributed by atoms with E-state index in [0.717, 1.165) is 18.4 Å². The lowest BCUT2D eigenvalue weighted by Gasteiger charge is -2.42. The van der Waals surface area contributed by atoms with Gasteiger partial charge in [-0.05, 0) is 56.0 Å². The smallest absolute Gasteiger partial charge is 0.317 e. The van der Waals surface area contributed by atoms with E-state index in [4.69, 9.17) is 5.11 Å². The van der Waals surface area contributed by atoms with Crippen molar-refractivity contribution in [3.8, 4) is 0 Å². The van der Waals surface area contributed by atoms with Gasteiger partial charge in [0, 0.05) is 24.1 Å². The monoisotopic (exact) mass is 380 g/mol. The summed E-state index contributed by atoms with van der Waals surface area (Å²) in [5.74, 6) is -0.803. The molecule has 2 N–H and O–H groups in total. The average Bonchev–Trinajstić information content (AvgIpc) is 2.55. The maximum Gasteiger partial charge on any atom is 0.317 e. The zero-order valence-electron chi connectivity index (χ0n) is 14.8. The number of aliphatic carboxylic acids is 1. The molecule has 26 heavy (non-hydrogen) atoms. The predicted octanol–water partition coefficient (Wildman–Crippen LogP) is 1.42. The van der Waals surface area contributed by atoms with Gasteiger partial charge in [-0.1, -0.05) is 6.92 Å². The minimum Gasteiger partial charge on any atom is -0.480 e. The van der Waals surface area contributed by atoms with Crippen LogP contribution < -0.4 is 4.72 Å². The van der Waals surface area contributed by atoms with Gasteiger partial charge in [0.15, 0.2) is 5.78 Å². The van der Waals surface area contributed by atoms with Crippen molar-refractivity contribution in [3.05, 3.63) is 29.3 Å². The van der Waals surface area contributed by atoms with E-state index >= 15 is 0 Å². The molecule has 2 aliphatic rings. The van der Waals surface area contributed by atoms with Crippen LogP contribution in [-0.2, 0) is 21.2 Å². The molecule has 0 unspecified atom stereocenters. The number of hydrogen-bond donors (Lipinski definition) is 2. The normalized spacial score (nSPS) is 22.8. The number of rotatable bonds is 7. The highest BCUT2D eigenvalue weighted by molar-refractivity contribution is 7.89. The van der Waals surface area contributed by atoms with Crippen LogP contribution in [0.15, 0.2) is 23.1 Å². The van der Waals surface area contributed by atoms with Gasteiger partial charge in [0.05, 0.1) is 11.4 Å². The van der Waals surface area contributed by atoms with Gasteiger partial charge in [-0.3, -0.25) is 14.5 Å². The second-order valence-corrected chi connectivity index (χ2v) is 8.71. The second kappa shape index (κ2) is 7.46. The molecule has 1 aromatic rings. The number of likely N-dealkylation sites (N-methyl/N-ethyl adjacent to an activating group) is 1. The Morgan fingerprint density at radius 2 is 2.04 bits per heavy atom. The highest BCUT2D eigenvalue weighted by Crippen LogP contribution is 2.28. The van der Waals surface area contributed by atoms with E-state index in [1.807, 2.05) is 11.8 Å². The van der Waals surface area contributed by atoms with Crippen LogP contribution in [0.1, 0.15) is 48.5 Å². The number of nitrogens with zero attached hydrogens (tertiary/aromatic N) is 1. The number of carboxylic acid groups (broad SMARTS) is 1. The highest BCUT2D eigenvalue weighted by atomic mass is 32.2. The molecule has 1 fully saturated rings. The Hall–Kier alpha value is -1.77. The molecule has 0 radical (unpaired) electrons. The molecule has 142 valence electrons. The third-order valence-electron chi connectivity index (χ3n) is 5.23. The number of nitrogens with one attached hydrogen (secondary N) is 1. The molecule has 0 bridgehead atoms. The van der Waals surface area contributed by atoms with E-state index < -0.39 is 16.0 Å². The minimum atomic E-state index is -3.65. The van der Waals surface area contributed by atoms with Crippen molar-refractivity contribution in [2.45, 2.75) is 56.0 Å². The molecule has 0 saturated heterocycles. The molecule has 3 rings (SSSR count). The Bertz CT molecular complexity index is 815. The second-order valence-electron chi connectivity index (χ2n) is 7.00. The van der Waals surface area contributed by atoms with E-state index in [1.54, 1.807) is 12.1 Å². The first-order valence-electron chi connectivity index (χ1n) is 8.94. The summed E-state index contributed by atoms with van der Waals surface area (Å²) >= 11 is 0. The summed E-state index contributed by atoms with van der Waals surface area (Å²) in [6, 6.07) is 4.60. The highest BCUT2D eigenvalue weighted by Gasteiger charge is 2.36. The van der Waals surface area contributed by atoms with E-state index in [1.165, 1.54) is 6.07 Å². The summed E-state index contributed by atoms with van der Waals surface area (Å²) < 4.78 is 27.9. The van der Waals surface area contributed by atoms with Crippen molar-refractivity contribution in [2.24, 2.45) is 0 Å². The molecule has 0 aromatic heterocycles. The molecule has 0 atom stereocenters. The summed E-state index contributed by atoms with van der Waals surface area (Å²) in [4.78, 5) is 24.8. The molecular weight excluding hydrogens is 356 g/mol. The Morgan fingerprint density at radius 1 is 1.31 bits per heavy atom. The van der Waals surface area contributed by atoms with Crippen molar-refractivity contribution in [1.82, 2.24) is 9.62 Å². The van der Waals surface area contributed by atoms with Gasteiger partial charge in [0.2, 0.25) is 10.0 Å². The van der Waals surface area contributed by atoms with Crippen LogP contribution in [0.5, 0.6) is 0 Å². The van der Waals surface area contributed by atoms with Gasteiger partial charge >= 0.3 is 5.97 Å². The fraction of sp³-hybridized carbons (Fsp3) is 0.556. The average molecular weight is 380 g/mol. The molecule has 0 amide bonds. The number of carbonyl (C=O) groups excluding carboxylic acids is 1. The number of carboxylic acids is 1. The summed E-state index contributed by atoms with van der Waals surface area (Å²) in [6.45, 7) is 2.49. The lowest BCUT2D eigenvalue weighted by atomic mass is 9.86. The topological polar surface area (TPSA) is 104 Å². The Balaban J connectivity index is 1.64. The number of benzene rings is 1. The standard InChI is InChI=1S/C18H24N2O5S/c1-2-20(11-18(22)23)14-9-13(10-14)19-26(24,25)15-6-7-16-12(8-15)4-3-5-17(16)21/h6-8,13-14,19H,2-5,9-11H2,1H3,(H,22,23). The molecule has 0 spiro atoms. The number of Topliss-reactive ketones (excluding diaryl/α,β-unsaturated/α-hetero) is 1. The Kier molecular flexibility index (Phi) is 5.45. The van der Waals surface area contributed by atoms with Gasteiger partial charge < -0.3 is 5.11 Å². The zero-order chi connectivity index (χ0) is 18.9. The first kappa shape index (κ1) is 19.0. The van der Waals surface area contributed by atoms with E-state index in [9.17, 15) is 18.0 Å². The number of aryl methyl sites for hydroxylation is 1. The number of ketones is 1. The summed E-state index contributed by atoms with van der Waals surface area (Å²) in [7, 11) is -3.65. The maximum atomic E-state index is 12.6. The summed E-state index contributed by atoms with van der Waals surface area (Å²) in [6.07, 6.45) is 3.19. The molecule has 1 saturated carbocycles. The van der Waals surface area contributed by atoms with Crippen LogP contribution in [0.25, 0.3) is 0 Å². The van der Waals surface area contributed by atoms with Crippen LogP contribution in [0, 0.1) is 0 Å². The van der Waals surface area contributed by atoms with Gasteiger partial charge in [-0.25, -0.2) is 13.1 Å². The molecule has 8 heteroatoms. The zero-order valence-corrected chi connectivity index (χ0v) is 15.6. The van der Waals surface area contributed by atoms with E-state index in [-0.39, 0.29) is 29.3 Å². The number of fused-ring (bicyclic) bond motifs is 1. The Morgan fingerprint density at radius 3 is 2.69 bits per heavy atom. The molecule has 2 aliphatic carbocycles. The SMILES string of the molecule is CCN(CC(=O)O)C1CC(NS(=O)(=O)c2ccc3c(c2)CCCC3=O)C1. The van der Waals surface area contributed by atoms with Crippen molar-refractivity contribution in [2.75, 3.05) is 13.1 Å². The largest absolute Gasteiger partial charge is 0.480 e. The van der Waals surface area contributed by atoms with Crippen LogP contribution >= 0.6 is 0 Å².